The van der Waals surface area contributed by atoms with E-state index in [1.165, 1.54) is 0 Å². The highest BCUT2D eigenvalue weighted by atomic mass is 35.5. The van der Waals surface area contributed by atoms with Gasteiger partial charge in [-0.1, -0.05) is 23.2 Å². The maximum absolute atomic E-state index is 12.2. The van der Waals surface area contributed by atoms with Crippen molar-refractivity contribution in [3.63, 3.8) is 0 Å². The molecule has 0 aliphatic rings. The fourth-order valence-electron chi connectivity index (χ4n) is 1.19. The van der Waals surface area contributed by atoms with Crippen LogP contribution in [0.2, 0.25) is 8.67 Å². The molecular weight excluding hydrogens is 339 g/mol. The van der Waals surface area contributed by atoms with Gasteiger partial charge in [0, 0.05) is 0 Å². The number of sulfonamides is 1. The van der Waals surface area contributed by atoms with E-state index in [0.717, 1.165) is 17.4 Å². The van der Waals surface area contributed by atoms with Gasteiger partial charge in [-0.05, 0) is 6.07 Å². The highest BCUT2D eigenvalue weighted by Gasteiger charge is 2.31. The van der Waals surface area contributed by atoms with E-state index < -0.39 is 35.0 Å². The SMILES string of the molecule is NC(=O)CN(CC(=O)O)S(=O)(=O)c1cc(Cl)sc1Cl. The first-order valence-electron chi connectivity index (χ1n) is 4.59. The van der Waals surface area contributed by atoms with Crippen LogP contribution in [0.15, 0.2) is 11.0 Å². The molecule has 0 fully saturated rings. The number of carbonyl (C=O) groups is 2. The molecule has 0 spiro atoms. The minimum Gasteiger partial charge on any atom is -0.480 e. The highest BCUT2D eigenvalue weighted by Crippen LogP contribution is 2.35. The van der Waals surface area contributed by atoms with Crippen LogP contribution in [-0.2, 0) is 19.6 Å². The molecule has 0 aliphatic carbocycles. The summed E-state index contributed by atoms with van der Waals surface area (Å²) in [4.78, 5) is 21.1. The second-order valence-corrected chi connectivity index (χ2v) is 7.51. The number of carboxylic acids is 1. The molecule has 0 saturated heterocycles. The number of thiophene rings is 1. The van der Waals surface area contributed by atoms with Crippen LogP contribution in [0, 0.1) is 0 Å². The summed E-state index contributed by atoms with van der Waals surface area (Å²) in [6, 6.07) is 1.08. The van der Waals surface area contributed by atoms with Crippen LogP contribution >= 0.6 is 34.5 Å². The van der Waals surface area contributed by atoms with Gasteiger partial charge in [-0.3, -0.25) is 9.59 Å². The Bertz CT molecular complexity index is 597. The van der Waals surface area contributed by atoms with E-state index in [9.17, 15) is 18.0 Å². The van der Waals surface area contributed by atoms with Crippen LogP contribution < -0.4 is 5.73 Å². The average Bonchev–Trinajstić information content (AvgIpc) is 2.56. The number of primary amides is 1. The van der Waals surface area contributed by atoms with Gasteiger partial charge in [0.05, 0.1) is 10.9 Å². The van der Waals surface area contributed by atoms with Crippen LogP contribution in [0.5, 0.6) is 0 Å². The van der Waals surface area contributed by atoms with Crippen molar-refractivity contribution in [3.05, 3.63) is 14.7 Å². The fraction of sp³-hybridized carbons (Fsp3) is 0.250. The summed E-state index contributed by atoms with van der Waals surface area (Å²) in [6.45, 7) is -1.67. The van der Waals surface area contributed by atoms with Gasteiger partial charge in [0.1, 0.15) is 15.8 Å². The predicted molar refractivity (Wildman–Crippen MR) is 69.9 cm³/mol. The summed E-state index contributed by atoms with van der Waals surface area (Å²) in [6.07, 6.45) is 0. The number of rotatable bonds is 6. The minimum absolute atomic E-state index is 0.121. The summed E-state index contributed by atoms with van der Waals surface area (Å²) in [5.41, 5.74) is 4.89. The number of carboxylic acid groups (broad SMARTS) is 1. The van der Waals surface area contributed by atoms with Crippen LogP contribution in [0.25, 0.3) is 0 Å². The van der Waals surface area contributed by atoms with Gasteiger partial charge in [-0.15, -0.1) is 11.3 Å². The number of carbonyl (C=O) groups excluding carboxylic acids is 1. The van der Waals surface area contributed by atoms with Crippen LogP contribution in [0.3, 0.4) is 0 Å². The van der Waals surface area contributed by atoms with E-state index in [2.05, 4.69) is 0 Å². The quantitative estimate of drug-likeness (QED) is 0.782. The molecule has 11 heteroatoms. The molecule has 7 nitrogen and oxygen atoms in total. The van der Waals surface area contributed by atoms with E-state index >= 15 is 0 Å². The first-order valence-corrected chi connectivity index (χ1v) is 7.61. The van der Waals surface area contributed by atoms with Crippen molar-refractivity contribution in [1.29, 1.82) is 0 Å². The van der Waals surface area contributed by atoms with E-state index in [-0.39, 0.29) is 13.6 Å². The Morgan fingerprint density at radius 1 is 1.37 bits per heavy atom. The second-order valence-electron chi connectivity index (χ2n) is 3.32. The van der Waals surface area contributed by atoms with Crippen molar-refractivity contribution < 1.29 is 23.1 Å². The molecule has 1 heterocycles. The summed E-state index contributed by atoms with van der Waals surface area (Å²) < 4.78 is 24.7. The molecule has 0 unspecified atom stereocenters. The van der Waals surface area contributed by atoms with Gasteiger partial charge < -0.3 is 10.8 Å². The Labute approximate surface area is 122 Å². The zero-order chi connectivity index (χ0) is 14.8. The number of halogens is 2. The first kappa shape index (κ1) is 16.2. The lowest BCUT2D eigenvalue weighted by molar-refractivity contribution is -0.137. The fourth-order valence-corrected chi connectivity index (χ4v) is 4.66. The molecule has 0 bridgehead atoms. The van der Waals surface area contributed by atoms with Crippen molar-refractivity contribution in [3.8, 4) is 0 Å². The van der Waals surface area contributed by atoms with Crippen molar-refractivity contribution in [1.82, 2.24) is 4.31 Å². The molecule has 0 saturated carbocycles. The molecule has 3 N–H and O–H groups in total. The largest absolute Gasteiger partial charge is 0.480 e. The van der Waals surface area contributed by atoms with Crippen molar-refractivity contribution >= 4 is 56.4 Å². The van der Waals surface area contributed by atoms with Gasteiger partial charge in [0.25, 0.3) is 0 Å². The standard InChI is InChI=1S/C8H8Cl2N2O5S2/c9-5-1-4(8(10)18-5)19(16,17)12(2-6(11)13)3-7(14)15/h1H,2-3H2,(H2,11,13)(H,14,15). The second kappa shape index (κ2) is 6.06. The maximum Gasteiger partial charge on any atom is 0.318 e. The normalized spacial score (nSPS) is 11.7. The summed E-state index contributed by atoms with van der Waals surface area (Å²) >= 11 is 12.2. The zero-order valence-corrected chi connectivity index (χ0v) is 12.3. The van der Waals surface area contributed by atoms with E-state index in [1.807, 2.05) is 0 Å². The van der Waals surface area contributed by atoms with Crippen LogP contribution in [-0.4, -0.2) is 42.8 Å². The summed E-state index contributed by atoms with van der Waals surface area (Å²) in [5, 5.41) is 8.67. The van der Waals surface area contributed by atoms with Crippen molar-refractivity contribution in [2.45, 2.75) is 4.90 Å². The smallest absolute Gasteiger partial charge is 0.318 e. The third-order valence-electron chi connectivity index (χ3n) is 1.89. The summed E-state index contributed by atoms with van der Waals surface area (Å²) in [7, 11) is -4.26. The molecule has 106 valence electrons. The van der Waals surface area contributed by atoms with Gasteiger partial charge in [0.15, 0.2) is 0 Å². The number of hydrogen-bond donors (Lipinski definition) is 2. The topological polar surface area (TPSA) is 118 Å². The number of amides is 1. The molecule has 1 aromatic rings. The van der Waals surface area contributed by atoms with Crippen molar-refractivity contribution in [2.24, 2.45) is 5.73 Å². The van der Waals surface area contributed by atoms with Crippen LogP contribution in [0.1, 0.15) is 0 Å². The molecule has 1 rings (SSSR count). The van der Waals surface area contributed by atoms with Gasteiger partial charge in [-0.25, -0.2) is 8.42 Å². The van der Waals surface area contributed by atoms with Gasteiger partial charge in [-0.2, -0.15) is 4.31 Å². The molecule has 1 amide bonds. The third kappa shape index (κ3) is 4.05. The van der Waals surface area contributed by atoms with E-state index in [1.54, 1.807) is 0 Å². The maximum atomic E-state index is 12.2. The zero-order valence-electron chi connectivity index (χ0n) is 9.17. The average molecular weight is 347 g/mol. The molecule has 19 heavy (non-hydrogen) atoms. The number of hydrogen-bond acceptors (Lipinski definition) is 5. The summed E-state index contributed by atoms with van der Waals surface area (Å²) in [5.74, 6) is -2.41. The third-order valence-corrected chi connectivity index (χ3v) is 5.43. The Morgan fingerprint density at radius 2 is 1.95 bits per heavy atom. The number of nitrogens with two attached hydrogens (primary N) is 1. The van der Waals surface area contributed by atoms with Crippen molar-refractivity contribution in [2.75, 3.05) is 13.1 Å². The Kier molecular flexibility index (Phi) is 5.16. The van der Waals surface area contributed by atoms with E-state index in [4.69, 9.17) is 34.0 Å². The molecular formula is C8H8Cl2N2O5S2. The molecule has 0 radical (unpaired) electrons. The van der Waals surface area contributed by atoms with Gasteiger partial charge in [0.2, 0.25) is 15.9 Å². The molecule has 0 atom stereocenters. The molecule has 0 aliphatic heterocycles. The monoisotopic (exact) mass is 346 g/mol. The highest BCUT2D eigenvalue weighted by molar-refractivity contribution is 7.89. The lowest BCUT2D eigenvalue weighted by atomic mass is 10.5. The molecule has 1 aromatic heterocycles. The lowest BCUT2D eigenvalue weighted by Crippen LogP contribution is -2.41. The molecule has 0 aromatic carbocycles. The Balaban J connectivity index is 3.22. The predicted octanol–water partition coefficient (Wildman–Crippen LogP) is 0.616. The lowest BCUT2D eigenvalue weighted by Gasteiger charge is -2.18. The van der Waals surface area contributed by atoms with Gasteiger partial charge >= 0.3 is 5.97 Å². The minimum atomic E-state index is -4.26. The first-order chi connectivity index (χ1) is 8.64. The number of aliphatic carboxylic acids is 1. The Hall–Kier alpha value is -0.870. The van der Waals surface area contributed by atoms with E-state index in [0.29, 0.717) is 4.31 Å². The van der Waals surface area contributed by atoms with Crippen LogP contribution in [0.4, 0.5) is 0 Å². The number of nitrogens with zero attached hydrogens (tertiary/aromatic N) is 1. The Morgan fingerprint density at radius 3 is 2.32 bits per heavy atom.